The van der Waals surface area contributed by atoms with Gasteiger partial charge in [0, 0.05) is 28.5 Å². The number of nitrogens with zero attached hydrogens (tertiary/aromatic N) is 2. The summed E-state index contributed by atoms with van der Waals surface area (Å²) in [6.45, 7) is 12.4. The number of anilines is 1. The molecule has 1 aliphatic rings. The molecule has 1 aliphatic heterocycles. The highest BCUT2D eigenvalue weighted by atomic mass is 79.9. The summed E-state index contributed by atoms with van der Waals surface area (Å²) in [5, 5.41) is 0.677. The normalized spacial score (nSPS) is 19.0. The lowest BCUT2D eigenvalue weighted by Crippen LogP contribution is -2.48. The summed E-state index contributed by atoms with van der Waals surface area (Å²) in [5.74, 6) is 0.540. The van der Waals surface area contributed by atoms with Gasteiger partial charge in [-0.2, -0.15) is 0 Å². The molecule has 4 heteroatoms. The fourth-order valence-electron chi connectivity index (χ4n) is 4.10. The molecule has 0 saturated heterocycles. The molecule has 0 spiro atoms. The maximum Gasteiger partial charge on any atom is 0.0645 e. The molecular weight excluding hydrogens is 408 g/mol. The topological polar surface area (TPSA) is 15.6 Å². The lowest BCUT2D eigenvalue weighted by Gasteiger charge is -2.47. The quantitative estimate of drug-likeness (QED) is 0.464. The average molecular weight is 434 g/mol. The first-order valence-electron chi connectivity index (χ1n) is 9.14. The third-order valence-electron chi connectivity index (χ3n) is 5.35. The third kappa shape index (κ3) is 3.70. The van der Waals surface area contributed by atoms with Crippen molar-refractivity contribution in [1.29, 1.82) is 0 Å². The van der Waals surface area contributed by atoms with Crippen LogP contribution in [-0.4, -0.2) is 18.3 Å². The summed E-state index contributed by atoms with van der Waals surface area (Å²) in [6, 6.07) is 10.4. The lowest BCUT2D eigenvalue weighted by molar-refractivity contribution is 0.381. The van der Waals surface area contributed by atoms with Gasteiger partial charge in [0.15, 0.2) is 0 Å². The summed E-state index contributed by atoms with van der Waals surface area (Å²) < 4.78 is 0.888. The SMILES string of the molecule is CCN1c2cc(C)c(C=Nc3ccc(Br)c(Cl)c3)cc2C(C)CC1(C)C. The Labute approximate surface area is 170 Å². The van der Waals surface area contributed by atoms with E-state index < -0.39 is 0 Å². The molecule has 0 bridgehead atoms. The van der Waals surface area contributed by atoms with Crippen LogP contribution in [0.5, 0.6) is 0 Å². The third-order valence-corrected chi connectivity index (χ3v) is 6.58. The van der Waals surface area contributed by atoms with Crippen LogP contribution in [0.2, 0.25) is 5.02 Å². The van der Waals surface area contributed by atoms with E-state index in [1.807, 2.05) is 24.4 Å². The molecule has 2 aromatic carbocycles. The summed E-state index contributed by atoms with van der Waals surface area (Å²) >= 11 is 9.59. The second-order valence-corrected chi connectivity index (χ2v) is 9.05. The Morgan fingerprint density at radius 3 is 2.69 bits per heavy atom. The number of fused-ring (bicyclic) bond motifs is 1. The largest absolute Gasteiger partial charge is 0.366 e. The van der Waals surface area contributed by atoms with Crippen molar-refractivity contribution >= 4 is 45.1 Å². The van der Waals surface area contributed by atoms with E-state index in [0.717, 1.165) is 23.1 Å². The zero-order valence-corrected chi connectivity index (χ0v) is 18.4. The Kier molecular flexibility index (Phi) is 5.50. The van der Waals surface area contributed by atoms with Gasteiger partial charge in [-0.3, -0.25) is 4.99 Å². The van der Waals surface area contributed by atoms with E-state index in [1.165, 1.54) is 22.4 Å². The lowest BCUT2D eigenvalue weighted by atomic mass is 9.79. The molecule has 0 radical (unpaired) electrons. The van der Waals surface area contributed by atoms with Gasteiger partial charge in [-0.05, 0) is 103 Å². The zero-order valence-electron chi connectivity index (χ0n) is 16.1. The van der Waals surface area contributed by atoms with Crippen molar-refractivity contribution in [2.24, 2.45) is 4.99 Å². The van der Waals surface area contributed by atoms with Crippen LogP contribution in [-0.2, 0) is 0 Å². The maximum absolute atomic E-state index is 6.17. The van der Waals surface area contributed by atoms with E-state index in [2.05, 4.69) is 72.6 Å². The van der Waals surface area contributed by atoms with Gasteiger partial charge in [-0.25, -0.2) is 0 Å². The molecule has 0 fully saturated rings. The molecule has 1 atom stereocenters. The van der Waals surface area contributed by atoms with Crippen LogP contribution in [0, 0.1) is 6.92 Å². The van der Waals surface area contributed by atoms with Gasteiger partial charge in [-0.1, -0.05) is 18.5 Å². The van der Waals surface area contributed by atoms with E-state index in [-0.39, 0.29) is 5.54 Å². The van der Waals surface area contributed by atoms with Gasteiger partial charge >= 0.3 is 0 Å². The molecule has 0 aliphatic carbocycles. The molecule has 0 amide bonds. The Bertz CT molecular complexity index is 857. The fourth-order valence-corrected chi connectivity index (χ4v) is 4.52. The maximum atomic E-state index is 6.17. The average Bonchev–Trinajstić information content (AvgIpc) is 2.56. The molecule has 0 N–H and O–H groups in total. The Hall–Kier alpha value is -1.32. The molecule has 138 valence electrons. The first-order valence-corrected chi connectivity index (χ1v) is 10.3. The second-order valence-electron chi connectivity index (χ2n) is 7.79. The summed E-state index contributed by atoms with van der Waals surface area (Å²) in [6.07, 6.45) is 3.12. The molecule has 3 rings (SSSR count). The summed E-state index contributed by atoms with van der Waals surface area (Å²) in [7, 11) is 0. The second kappa shape index (κ2) is 7.36. The van der Waals surface area contributed by atoms with E-state index in [4.69, 9.17) is 11.6 Å². The number of hydrogen-bond acceptors (Lipinski definition) is 2. The van der Waals surface area contributed by atoms with Gasteiger partial charge in [0.05, 0.1) is 10.7 Å². The van der Waals surface area contributed by atoms with Crippen LogP contribution in [0.1, 0.15) is 56.7 Å². The molecule has 2 nitrogen and oxygen atoms in total. The smallest absolute Gasteiger partial charge is 0.0645 e. The summed E-state index contributed by atoms with van der Waals surface area (Å²) in [4.78, 5) is 7.17. The standard InChI is InChI=1S/C22H26BrClN2/c1-6-26-21-9-14(2)16(10-18(21)15(3)12-22(26,4)5)13-25-17-7-8-19(23)20(24)11-17/h7-11,13,15H,6,12H2,1-5H3. The van der Waals surface area contributed by atoms with Gasteiger partial charge in [-0.15, -0.1) is 0 Å². The van der Waals surface area contributed by atoms with Crippen LogP contribution in [0.3, 0.4) is 0 Å². The van der Waals surface area contributed by atoms with Gasteiger partial charge in [0.25, 0.3) is 0 Å². The molecule has 0 saturated carbocycles. The zero-order chi connectivity index (χ0) is 19.1. The minimum atomic E-state index is 0.192. The van der Waals surface area contributed by atoms with Crippen LogP contribution in [0.25, 0.3) is 0 Å². The Morgan fingerprint density at radius 2 is 2.04 bits per heavy atom. The number of rotatable bonds is 3. The Balaban J connectivity index is 1.99. The predicted octanol–water partition coefficient (Wildman–Crippen LogP) is 7.27. The highest BCUT2D eigenvalue weighted by Gasteiger charge is 2.35. The predicted molar refractivity (Wildman–Crippen MR) is 118 cm³/mol. The van der Waals surface area contributed by atoms with Crippen molar-refractivity contribution in [3.05, 3.63) is 56.5 Å². The van der Waals surface area contributed by atoms with Gasteiger partial charge in [0.1, 0.15) is 0 Å². The number of benzene rings is 2. The van der Waals surface area contributed by atoms with Crippen LogP contribution in [0.15, 0.2) is 39.8 Å². The molecule has 26 heavy (non-hydrogen) atoms. The molecule has 2 aromatic rings. The minimum Gasteiger partial charge on any atom is -0.366 e. The van der Waals surface area contributed by atoms with Crippen LogP contribution < -0.4 is 4.90 Å². The molecule has 1 unspecified atom stereocenters. The first kappa shape index (κ1) is 19.4. The van der Waals surface area contributed by atoms with Crippen LogP contribution in [0.4, 0.5) is 11.4 Å². The highest BCUT2D eigenvalue weighted by molar-refractivity contribution is 9.10. The van der Waals surface area contributed by atoms with Crippen molar-refractivity contribution in [3.63, 3.8) is 0 Å². The van der Waals surface area contributed by atoms with Crippen molar-refractivity contribution < 1.29 is 0 Å². The number of aliphatic imine (C=N–C) groups is 1. The fraction of sp³-hybridized carbons (Fsp3) is 0.409. The van der Waals surface area contributed by atoms with Crippen molar-refractivity contribution in [2.45, 2.75) is 52.5 Å². The van der Waals surface area contributed by atoms with E-state index >= 15 is 0 Å². The minimum absolute atomic E-state index is 0.192. The van der Waals surface area contributed by atoms with E-state index in [0.29, 0.717) is 10.9 Å². The van der Waals surface area contributed by atoms with Gasteiger partial charge in [0.2, 0.25) is 0 Å². The van der Waals surface area contributed by atoms with Gasteiger partial charge < -0.3 is 4.90 Å². The Morgan fingerprint density at radius 1 is 1.31 bits per heavy atom. The molecule has 0 aromatic heterocycles. The van der Waals surface area contributed by atoms with Crippen LogP contribution >= 0.6 is 27.5 Å². The van der Waals surface area contributed by atoms with E-state index in [1.54, 1.807) is 0 Å². The van der Waals surface area contributed by atoms with E-state index in [9.17, 15) is 0 Å². The first-order chi connectivity index (χ1) is 12.2. The van der Waals surface area contributed by atoms with Crippen molar-refractivity contribution in [3.8, 4) is 0 Å². The monoisotopic (exact) mass is 432 g/mol. The van der Waals surface area contributed by atoms with Crippen molar-refractivity contribution in [2.75, 3.05) is 11.4 Å². The molecule has 1 heterocycles. The highest BCUT2D eigenvalue weighted by Crippen LogP contribution is 2.44. The van der Waals surface area contributed by atoms with Crippen molar-refractivity contribution in [1.82, 2.24) is 0 Å². The number of hydrogen-bond donors (Lipinski definition) is 0. The number of halogens is 2. The summed E-state index contributed by atoms with van der Waals surface area (Å²) in [5.41, 5.74) is 6.27. The molecular formula is C22H26BrClN2. The number of aryl methyl sites for hydroxylation is 1.